The van der Waals surface area contributed by atoms with Crippen LogP contribution in [-0.2, 0) is 7.05 Å². The molecule has 2 aromatic heterocycles. The Balaban J connectivity index is 2.22. The van der Waals surface area contributed by atoms with Crippen LogP contribution in [0.2, 0.25) is 0 Å². The van der Waals surface area contributed by atoms with E-state index >= 15 is 0 Å². The van der Waals surface area contributed by atoms with Crippen molar-refractivity contribution in [3.05, 3.63) is 30.4 Å². The van der Waals surface area contributed by atoms with Gasteiger partial charge in [-0.15, -0.1) is 0 Å². The Labute approximate surface area is 91.3 Å². The van der Waals surface area contributed by atoms with Crippen molar-refractivity contribution >= 4 is 17.5 Å². The average molecular weight is 218 g/mol. The summed E-state index contributed by atoms with van der Waals surface area (Å²) < 4.78 is 1.44. The van der Waals surface area contributed by atoms with Crippen molar-refractivity contribution in [2.45, 2.75) is 0 Å². The fourth-order valence-corrected chi connectivity index (χ4v) is 1.18. The van der Waals surface area contributed by atoms with Gasteiger partial charge in [0.2, 0.25) is 5.95 Å². The van der Waals surface area contributed by atoms with E-state index in [1.807, 2.05) is 0 Å². The number of pyridine rings is 1. The summed E-state index contributed by atoms with van der Waals surface area (Å²) in [6.07, 6.45) is 2.85. The van der Waals surface area contributed by atoms with E-state index in [1.54, 1.807) is 19.2 Å². The molecule has 3 N–H and O–H groups in total. The van der Waals surface area contributed by atoms with Crippen molar-refractivity contribution in [3.63, 3.8) is 0 Å². The van der Waals surface area contributed by atoms with Crippen molar-refractivity contribution in [1.29, 1.82) is 0 Å². The normalized spacial score (nSPS) is 10.1. The van der Waals surface area contributed by atoms with Gasteiger partial charge in [-0.3, -0.25) is 10.1 Å². The van der Waals surface area contributed by atoms with Gasteiger partial charge in [0.05, 0.1) is 5.69 Å². The van der Waals surface area contributed by atoms with Crippen LogP contribution < -0.4 is 11.1 Å². The molecular formula is C9H10N6O. The SMILES string of the molecule is Cn1ncnc1NC(=O)c1ncccc1N. The molecule has 0 saturated carbocycles. The molecule has 2 aromatic rings. The molecule has 16 heavy (non-hydrogen) atoms. The number of carbonyl (C=O) groups is 1. The quantitative estimate of drug-likeness (QED) is 0.741. The van der Waals surface area contributed by atoms with E-state index in [2.05, 4.69) is 20.4 Å². The van der Waals surface area contributed by atoms with E-state index in [-0.39, 0.29) is 5.69 Å². The predicted molar refractivity (Wildman–Crippen MR) is 57.6 cm³/mol. The van der Waals surface area contributed by atoms with Gasteiger partial charge in [0, 0.05) is 13.2 Å². The van der Waals surface area contributed by atoms with E-state index in [4.69, 9.17) is 5.73 Å². The van der Waals surface area contributed by atoms with Gasteiger partial charge in [-0.05, 0) is 12.1 Å². The lowest BCUT2D eigenvalue weighted by atomic mass is 10.3. The van der Waals surface area contributed by atoms with Gasteiger partial charge in [0.1, 0.15) is 6.33 Å². The highest BCUT2D eigenvalue weighted by molar-refractivity contribution is 6.05. The highest BCUT2D eigenvalue weighted by atomic mass is 16.2. The predicted octanol–water partition coefficient (Wildman–Crippen LogP) is 0.0446. The highest BCUT2D eigenvalue weighted by Gasteiger charge is 2.12. The van der Waals surface area contributed by atoms with Gasteiger partial charge in [-0.1, -0.05) is 0 Å². The Morgan fingerprint density at radius 2 is 2.31 bits per heavy atom. The van der Waals surface area contributed by atoms with Crippen LogP contribution in [-0.4, -0.2) is 25.7 Å². The van der Waals surface area contributed by atoms with Crippen molar-refractivity contribution in [2.24, 2.45) is 7.05 Å². The van der Waals surface area contributed by atoms with Crippen LogP contribution in [0, 0.1) is 0 Å². The Bertz CT molecular complexity index is 520. The second-order valence-corrected chi connectivity index (χ2v) is 3.10. The lowest BCUT2D eigenvalue weighted by molar-refractivity contribution is 0.102. The monoisotopic (exact) mass is 218 g/mol. The first-order valence-electron chi connectivity index (χ1n) is 4.54. The number of nitrogens with two attached hydrogens (primary N) is 1. The van der Waals surface area contributed by atoms with Crippen LogP contribution in [0.5, 0.6) is 0 Å². The van der Waals surface area contributed by atoms with Crippen molar-refractivity contribution in [3.8, 4) is 0 Å². The number of hydrogen-bond acceptors (Lipinski definition) is 5. The van der Waals surface area contributed by atoms with Crippen molar-refractivity contribution < 1.29 is 4.79 Å². The maximum atomic E-state index is 11.8. The molecule has 1 amide bonds. The third kappa shape index (κ3) is 1.83. The molecule has 0 saturated heterocycles. The van der Waals surface area contributed by atoms with E-state index in [1.165, 1.54) is 17.2 Å². The minimum atomic E-state index is -0.408. The minimum absolute atomic E-state index is 0.172. The molecule has 2 rings (SSSR count). The lowest BCUT2D eigenvalue weighted by Gasteiger charge is -2.04. The second kappa shape index (κ2) is 3.97. The summed E-state index contributed by atoms with van der Waals surface area (Å²) in [6.45, 7) is 0. The topological polar surface area (TPSA) is 98.7 Å². The van der Waals surface area contributed by atoms with Gasteiger partial charge in [-0.25, -0.2) is 9.67 Å². The number of aromatic nitrogens is 4. The summed E-state index contributed by atoms with van der Waals surface area (Å²) in [5, 5.41) is 6.38. The van der Waals surface area contributed by atoms with Gasteiger partial charge >= 0.3 is 0 Å². The van der Waals surface area contributed by atoms with Crippen LogP contribution >= 0.6 is 0 Å². The molecule has 0 aliphatic carbocycles. The zero-order valence-corrected chi connectivity index (χ0v) is 8.58. The van der Waals surface area contributed by atoms with Crippen LogP contribution in [0.4, 0.5) is 11.6 Å². The molecule has 0 fully saturated rings. The fourth-order valence-electron chi connectivity index (χ4n) is 1.18. The third-order valence-electron chi connectivity index (χ3n) is 1.99. The van der Waals surface area contributed by atoms with E-state index in [0.29, 0.717) is 11.6 Å². The maximum Gasteiger partial charge on any atom is 0.278 e. The number of aryl methyl sites for hydroxylation is 1. The molecule has 0 aliphatic heterocycles. The highest BCUT2D eigenvalue weighted by Crippen LogP contribution is 2.09. The molecule has 0 atom stereocenters. The number of nitrogen functional groups attached to an aromatic ring is 1. The minimum Gasteiger partial charge on any atom is -0.397 e. The number of nitrogens with one attached hydrogen (secondary N) is 1. The number of carbonyl (C=O) groups excluding carboxylic acids is 1. The molecule has 7 heteroatoms. The molecule has 0 bridgehead atoms. The molecule has 7 nitrogen and oxygen atoms in total. The lowest BCUT2D eigenvalue weighted by Crippen LogP contribution is -2.18. The summed E-state index contributed by atoms with van der Waals surface area (Å²) in [6, 6.07) is 3.27. The first-order valence-corrected chi connectivity index (χ1v) is 4.54. The first kappa shape index (κ1) is 10.1. The average Bonchev–Trinajstić information content (AvgIpc) is 2.65. The van der Waals surface area contributed by atoms with Crippen LogP contribution in [0.25, 0.3) is 0 Å². The number of rotatable bonds is 2. The molecule has 2 heterocycles. The summed E-state index contributed by atoms with van der Waals surface area (Å²) in [7, 11) is 1.67. The zero-order valence-electron chi connectivity index (χ0n) is 8.58. The fraction of sp³-hybridized carbons (Fsp3) is 0.111. The Morgan fingerprint density at radius 1 is 1.50 bits per heavy atom. The zero-order chi connectivity index (χ0) is 11.5. The van der Waals surface area contributed by atoms with Gasteiger partial charge in [-0.2, -0.15) is 10.1 Å². The van der Waals surface area contributed by atoms with Crippen molar-refractivity contribution in [1.82, 2.24) is 19.7 Å². The number of hydrogen-bond donors (Lipinski definition) is 2. The Morgan fingerprint density at radius 3 is 2.94 bits per heavy atom. The first-order chi connectivity index (χ1) is 7.68. The largest absolute Gasteiger partial charge is 0.397 e. The van der Waals surface area contributed by atoms with Gasteiger partial charge in [0.15, 0.2) is 5.69 Å². The van der Waals surface area contributed by atoms with E-state index in [9.17, 15) is 4.79 Å². The third-order valence-corrected chi connectivity index (χ3v) is 1.99. The Hall–Kier alpha value is -2.44. The molecule has 0 spiro atoms. The number of amides is 1. The number of nitrogens with zero attached hydrogens (tertiary/aromatic N) is 4. The second-order valence-electron chi connectivity index (χ2n) is 3.10. The standard InChI is InChI=1S/C9H10N6O/c1-15-9(12-5-13-15)14-8(16)7-6(10)3-2-4-11-7/h2-5H,10H2,1H3,(H,12,13,14,16). The maximum absolute atomic E-state index is 11.8. The molecule has 0 radical (unpaired) electrons. The summed E-state index contributed by atoms with van der Waals surface area (Å²) >= 11 is 0. The summed E-state index contributed by atoms with van der Waals surface area (Å²) in [5.41, 5.74) is 6.12. The molecular weight excluding hydrogens is 208 g/mol. The van der Waals surface area contributed by atoms with Crippen molar-refractivity contribution in [2.75, 3.05) is 11.1 Å². The molecule has 0 aromatic carbocycles. The van der Waals surface area contributed by atoms with Gasteiger partial charge < -0.3 is 5.73 Å². The van der Waals surface area contributed by atoms with Crippen LogP contribution in [0.1, 0.15) is 10.5 Å². The Kier molecular flexibility index (Phi) is 2.50. The van der Waals surface area contributed by atoms with E-state index in [0.717, 1.165) is 0 Å². The summed E-state index contributed by atoms with van der Waals surface area (Å²) in [5.74, 6) is -0.0655. The number of anilines is 2. The van der Waals surface area contributed by atoms with E-state index < -0.39 is 5.91 Å². The molecule has 82 valence electrons. The smallest absolute Gasteiger partial charge is 0.278 e. The molecule has 0 aliphatic rings. The molecule has 0 unspecified atom stereocenters. The van der Waals surface area contributed by atoms with Gasteiger partial charge in [0.25, 0.3) is 5.91 Å². The van der Waals surface area contributed by atoms with Crippen LogP contribution in [0.3, 0.4) is 0 Å². The summed E-state index contributed by atoms with van der Waals surface area (Å²) in [4.78, 5) is 19.5. The van der Waals surface area contributed by atoms with Crippen LogP contribution in [0.15, 0.2) is 24.7 Å².